The van der Waals surface area contributed by atoms with Crippen molar-refractivity contribution >= 4 is 87.4 Å². The van der Waals surface area contributed by atoms with Gasteiger partial charge in [-0.05, 0) is 25.7 Å². The van der Waals surface area contributed by atoms with Crippen molar-refractivity contribution in [2.75, 3.05) is 0 Å². The average Bonchev–Trinajstić information content (AvgIpc) is 3.16. The Kier molecular flexibility index (Phi) is 11.5. The molecule has 0 amide bonds. The number of fused-ring (bicyclic) bond motifs is 5. The number of benzene rings is 4. The number of aliphatic hydroxyl groups excluding tert-OH is 1. The van der Waals surface area contributed by atoms with Crippen LogP contribution in [0.2, 0.25) is 0 Å². The molecule has 0 saturated carbocycles. The van der Waals surface area contributed by atoms with E-state index in [2.05, 4.69) is 91.0 Å². The SMILES string of the molecule is [2H]/C(C(=O)C(C)(CC)CC)=C(/O)C(C)(CC)CC.[Ir].[c-]1cc2c3c(c1-c1cc4ccccc4cn1)[Se]c1ccccc1B3c1ccccc1[Se]2. The van der Waals surface area contributed by atoms with Gasteiger partial charge in [0.05, 0.1) is 1.37 Å². The molecular formula is C42H43BIrNO2Se2-. The average molecular weight is 956 g/mol. The molecule has 0 bridgehead atoms. The van der Waals surface area contributed by atoms with E-state index in [1.54, 1.807) is 5.46 Å². The molecule has 3 heterocycles. The Hall–Kier alpha value is -2.75. The topological polar surface area (TPSA) is 50.2 Å². The van der Waals surface area contributed by atoms with Gasteiger partial charge >= 0.3 is 195 Å². The van der Waals surface area contributed by atoms with Crippen LogP contribution in [0, 0.1) is 16.9 Å². The Balaban J connectivity index is 0.000000223. The van der Waals surface area contributed by atoms with Gasteiger partial charge in [-0.25, -0.2) is 0 Å². The fraction of sp³-hybridized carbons (Fsp3) is 0.286. The van der Waals surface area contributed by atoms with Gasteiger partial charge in [-0.15, -0.1) is 0 Å². The van der Waals surface area contributed by atoms with Gasteiger partial charge in [0.25, 0.3) is 0 Å². The van der Waals surface area contributed by atoms with Crippen molar-refractivity contribution in [3.63, 3.8) is 0 Å². The molecule has 3 nitrogen and oxygen atoms in total. The number of hydrogen-bond donors (Lipinski definition) is 1. The number of rotatable bonds is 8. The van der Waals surface area contributed by atoms with Crippen LogP contribution in [0.25, 0.3) is 22.0 Å². The first-order valence-corrected chi connectivity index (χ1v) is 20.4. The van der Waals surface area contributed by atoms with Gasteiger partial charge in [0.1, 0.15) is 5.76 Å². The summed E-state index contributed by atoms with van der Waals surface area (Å²) in [6, 6.07) is 34.5. The third kappa shape index (κ3) is 7.22. The second-order valence-corrected chi connectivity index (χ2v) is 17.7. The van der Waals surface area contributed by atoms with Crippen LogP contribution in [0.15, 0.2) is 103 Å². The fourth-order valence-corrected chi connectivity index (χ4v) is 11.7. The normalized spacial score (nSPS) is 13.8. The summed E-state index contributed by atoms with van der Waals surface area (Å²) in [5.41, 5.74) is 5.76. The number of pyridine rings is 1. The van der Waals surface area contributed by atoms with Crippen LogP contribution in [-0.4, -0.2) is 52.5 Å². The first-order chi connectivity index (χ1) is 23.6. The van der Waals surface area contributed by atoms with Crippen molar-refractivity contribution in [1.82, 2.24) is 4.98 Å². The first-order valence-electron chi connectivity index (χ1n) is 17.5. The number of aromatic nitrogens is 1. The van der Waals surface area contributed by atoms with E-state index < -0.39 is 10.8 Å². The molecule has 253 valence electrons. The van der Waals surface area contributed by atoms with Crippen LogP contribution < -0.4 is 34.2 Å². The molecule has 7 rings (SSSR count). The summed E-state index contributed by atoms with van der Waals surface area (Å²) in [6.07, 6.45) is 4.82. The first kappa shape index (κ1) is 36.1. The summed E-state index contributed by atoms with van der Waals surface area (Å²) in [5.74, 6) is -0.288. The van der Waals surface area contributed by atoms with Crippen LogP contribution >= 0.6 is 0 Å². The second-order valence-electron chi connectivity index (χ2n) is 13.2. The molecule has 0 fully saturated rings. The Bertz CT molecular complexity index is 2060. The molecule has 1 radical (unpaired) electrons. The van der Waals surface area contributed by atoms with E-state index in [9.17, 15) is 9.90 Å². The number of allylic oxidation sites excluding steroid dienone is 2. The van der Waals surface area contributed by atoms with Gasteiger partial charge in [-0.1, -0.05) is 41.5 Å². The zero-order valence-electron chi connectivity index (χ0n) is 30.0. The van der Waals surface area contributed by atoms with Crippen LogP contribution in [0.5, 0.6) is 0 Å². The second kappa shape index (κ2) is 15.6. The van der Waals surface area contributed by atoms with E-state index in [0.717, 1.165) is 18.5 Å². The summed E-state index contributed by atoms with van der Waals surface area (Å²) in [5, 5.41) is 12.7. The Morgan fingerprint density at radius 1 is 0.837 bits per heavy atom. The van der Waals surface area contributed by atoms with Crippen molar-refractivity contribution in [1.29, 1.82) is 0 Å². The van der Waals surface area contributed by atoms with E-state index in [0.29, 0.717) is 34.5 Å². The maximum absolute atomic E-state index is 12.3. The van der Waals surface area contributed by atoms with Crippen molar-refractivity contribution in [2.24, 2.45) is 10.8 Å². The van der Waals surface area contributed by atoms with Gasteiger partial charge < -0.3 is 5.11 Å². The maximum atomic E-state index is 12.3. The monoisotopic (exact) mass is 958 g/mol. The number of nitrogens with zero attached hydrogens (tertiary/aromatic N) is 1. The van der Waals surface area contributed by atoms with Gasteiger partial charge in [0, 0.05) is 37.0 Å². The van der Waals surface area contributed by atoms with Crippen LogP contribution in [-0.2, 0) is 24.9 Å². The summed E-state index contributed by atoms with van der Waals surface area (Å²) < 4.78 is 14.0. The minimum absolute atomic E-state index is 0. The zero-order valence-corrected chi connectivity index (χ0v) is 34.8. The standard InChI is InChI=1S/C27H15BNSe2.C15H28O2.Ir/c1-2-8-18-16-29-22(15-17(18)7-1)19-13-14-25-26-27(19)31-24-12-6-4-10-21(24)28(26)20-9-3-5-11-23(20)30-25;1-7-14(5,8-2)12(16)11-13(17)15(6,9-3)10-4;/h1-12,14-16H;11,16H,7-10H2,1-6H3;/q-1;;/b;12-11-;/i;11D;. The molecule has 0 aliphatic carbocycles. The molecule has 1 aromatic heterocycles. The van der Waals surface area contributed by atoms with Crippen LogP contribution in [0.3, 0.4) is 0 Å². The predicted molar refractivity (Wildman–Crippen MR) is 207 cm³/mol. The molecule has 1 N–H and O–H groups in total. The predicted octanol–water partition coefficient (Wildman–Crippen LogP) is 4.80. The quantitative estimate of drug-likeness (QED) is 0.103. The van der Waals surface area contributed by atoms with Crippen LogP contribution in [0.4, 0.5) is 0 Å². The molecule has 0 atom stereocenters. The Morgan fingerprint density at radius 2 is 1.39 bits per heavy atom. The molecular weight excluding hydrogens is 911 g/mol. The molecule has 49 heavy (non-hydrogen) atoms. The van der Waals surface area contributed by atoms with E-state index in [1.807, 2.05) is 47.7 Å². The van der Waals surface area contributed by atoms with E-state index >= 15 is 0 Å². The van der Waals surface area contributed by atoms with Crippen molar-refractivity contribution in [2.45, 2.75) is 67.2 Å². The molecule has 2 aliphatic heterocycles. The molecule has 2 aliphatic rings. The van der Waals surface area contributed by atoms with Gasteiger partial charge in [-0.2, -0.15) is 0 Å². The van der Waals surface area contributed by atoms with Crippen LogP contribution in [0.1, 0.15) is 68.6 Å². The molecule has 0 spiro atoms. The third-order valence-corrected chi connectivity index (χ3v) is 15.6. The molecule has 4 aromatic carbocycles. The van der Waals surface area contributed by atoms with Gasteiger partial charge in [0.2, 0.25) is 0 Å². The Labute approximate surface area is 320 Å². The van der Waals surface area contributed by atoms with E-state index in [4.69, 9.17) is 6.35 Å². The van der Waals surface area contributed by atoms with Crippen molar-refractivity contribution in [3.8, 4) is 11.3 Å². The molecule has 0 saturated heterocycles. The summed E-state index contributed by atoms with van der Waals surface area (Å²) in [6.45, 7) is 11.9. The summed E-state index contributed by atoms with van der Waals surface area (Å²) in [4.78, 5) is 17.2. The number of aliphatic hydroxyl groups is 1. The van der Waals surface area contributed by atoms with Gasteiger partial charge in [-0.3, -0.25) is 4.79 Å². The Morgan fingerprint density at radius 3 is 2.00 bits per heavy atom. The number of hydrogen-bond acceptors (Lipinski definition) is 3. The van der Waals surface area contributed by atoms with Crippen molar-refractivity contribution in [3.05, 3.63) is 109 Å². The summed E-state index contributed by atoms with van der Waals surface area (Å²) >= 11 is 0.575. The third-order valence-electron chi connectivity index (χ3n) is 10.6. The summed E-state index contributed by atoms with van der Waals surface area (Å²) in [7, 11) is 0. The van der Waals surface area contributed by atoms with E-state index in [1.165, 1.54) is 45.1 Å². The van der Waals surface area contributed by atoms with Crippen molar-refractivity contribution < 1.29 is 31.4 Å². The van der Waals surface area contributed by atoms with Gasteiger partial charge in [0.15, 0.2) is 5.78 Å². The molecule has 0 unspecified atom stereocenters. The zero-order chi connectivity index (χ0) is 34.9. The molecule has 7 heteroatoms. The number of carbonyl (C=O) groups excluding carboxylic acids is 1. The molecule has 5 aromatic rings. The fourth-order valence-electron chi connectivity index (χ4n) is 6.30. The number of carbonyl (C=O) groups is 1. The number of ketones is 1. The van der Waals surface area contributed by atoms with E-state index in [-0.39, 0.29) is 52.7 Å². The minimum atomic E-state index is -0.534.